The van der Waals surface area contributed by atoms with E-state index in [0.717, 1.165) is 5.01 Å². The molecule has 1 aliphatic heterocycles. The van der Waals surface area contributed by atoms with E-state index >= 15 is 0 Å². The Hall–Kier alpha value is -2.85. The standard InChI is InChI=1S/C16H16N6O3S/c1-10-18-12(9-26-10)16(24)19-11-7-25-8-13(11)22-15(23)4-3-14(20-22)21-6-2-5-17-21/h2-6,9,11,13H,7-8H2,1H3,(H,19,24). The molecule has 3 aromatic heterocycles. The number of thiazole rings is 1. The average molecular weight is 372 g/mol. The number of hydrogen-bond acceptors (Lipinski definition) is 7. The maximum atomic E-state index is 12.4. The van der Waals surface area contributed by atoms with Crippen molar-refractivity contribution in [2.24, 2.45) is 0 Å². The Morgan fingerprint density at radius 2 is 2.27 bits per heavy atom. The predicted octanol–water partition coefficient (Wildman–Crippen LogP) is 0.564. The molecule has 0 saturated carbocycles. The van der Waals surface area contributed by atoms with Crippen molar-refractivity contribution < 1.29 is 9.53 Å². The Balaban J connectivity index is 1.59. The summed E-state index contributed by atoms with van der Waals surface area (Å²) in [4.78, 5) is 28.9. The van der Waals surface area contributed by atoms with E-state index in [9.17, 15) is 9.59 Å². The van der Waals surface area contributed by atoms with Gasteiger partial charge in [0.05, 0.1) is 24.3 Å². The summed E-state index contributed by atoms with van der Waals surface area (Å²) < 4.78 is 8.41. The summed E-state index contributed by atoms with van der Waals surface area (Å²) in [6.45, 7) is 2.43. The SMILES string of the molecule is Cc1nc(C(=O)NC2COCC2n2nc(-n3cccn3)ccc2=O)cs1. The van der Waals surface area contributed by atoms with E-state index < -0.39 is 6.04 Å². The van der Waals surface area contributed by atoms with Gasteiger partial charge in [0.15, 0.2) is 5.82 Å². The molecule has 2 atom stereocenters. The van der Waals surface area contributed by atoms with Crippen LogP contribution in [0.15, 0.2) is 40.8 Å². The van der Waals surface area contributed by atoms with Gasteiger partial charge in [0, 0.05) is 23.8 Å². The van der Waals surface area contributed by atoms with Gasteiger partial charge in [0.25, 0.3) is 11.5 Å². The van der Waals surface area contributed by atoms with E-state index in [1.54, 1.807) is 34.6 Å². The first kappa shape index (κ1) is 16.6. The molecule has 9 nitrogen and oxygen atoms in total. The van der Waals surface area contributed by atoms with Crippen LogP contribution in [0.25, 0.3) is 5.82 Å². The Kier molecular flexibility index (Phi) is 4.35. The maximum absolute atomic E-state index is 12.4. The molecule has 26 heavy (non-hydrogen) atoms. The van der Waals surface area contributed by atoms with Crippen LogP contribution in [0.2, 0.25) is 0 Å². The molecule has 10 heteroatoms. The van der Waals surface area contributed by atoms with Crippen molar-refractivity contribution in [3.63, 3.8) is 0 Å². The second-order valence-corrected chi connectivity index (χ2v) is 6.92. The number of aromatic nitrogens is 5. The Labute approximate surface area is 152 Å². The molecular weight excluding hydrogens is 356 g/mol. The minimum atomic E-state index is -0.401. The number of rotatable bonds is 4. The molecule has 4 rings (SSSR count). The highest BCUT2D eigenvalue weighted by Gasteiger charge is 2.33. The van der Waals surface area contributed by atoms with Crippen molar-refractivity contribution in [2.45, 2.75) is 19.0 Å². The van der Waals surface area contributed by atoms with Gasteiger partial charge in [-0.1, -0.05) is 0 Å². The second kappa shape index (κ2) is 6.81. The van der Waals surface area contributed by atoms with Crippen molar-refractivity contribution >= 4 is 17.2 Å². The second-order valence-electron chi connectivity index (χ2n) is 5.86. The number of hydrogen-bond donors (Lipinski definition) is 1. The molecule has 1 amide bonds. The molecule has 0 spiro atoms. The normalized spacial score (nSPS) is 19.6. The molecule has 2 unspecified atom stereocenters. The van der Waals surface area contributed by atoms with Crippen LogP contribution in [0.5, 0.6) is 0 Å². The van der Waals surface area contributed by atoms with E-state index in [-0.39, 0.29) is 24.1 Å². The van der Waals surface area contributed by atoms with Gasteiger partial charge in [0.2, 0.25) is 0 Å². The van der Waals surface area contributed by atoms with Crippen LogP contribution in [0.3, 0.4) is 0 Å². The fourth-order valence-electron chi connectivity index (χ4n) is 2.81. The van der Waals surface area contributed by atoms with Gasteiger partial charge >= 0.3 is 0 Å². The van der Waals surface area contributed by atoms with Crippen molar-refractivity contribution in [3.05, 3.63) is 57.0 Å². The number of amides is 1. The molecule has 0 aliphatic carbocycles. The summed E-state index contributed by atoms with van der Waals surface area (Å²) in [6, 6.07) is 4.04. The van der Waals surface area contributed by atoms with E-state index in [1.165, 1.54) is 22.1 Å². The first-order valence-electron chi connectivity index (χ1n) is 8.02. The minimum Gasteiger partial charge on any atom is -0.377 e. The topological polar surface area (TPSA) is 104 Å². The summed E-state index contributed by atoms with van der Waals surface area (Å²) in [7, 11) is 0. The molecule has 0 bridgehead atoms. The summed E-state index contributed by atoms with van der Waals surface area (Å²) in [6.07, 6.45) is 3.38. The van der Waals surface area contributed by atoms with Gasteiger partial charge in [-0.25, -0.2) is 14.3 Å². The van der Waals surface area contributed by atoms with Gasteiger partial charge < -0.3 is 10.1 Å². The molecule has 0 radical (unpaired) electrons. The van der Waals surface area contributed by atoms with Crippen molar-refractivity contribution in [3.8, 4) is 5.82 Å². The highest BCUT2D eigenvalue weighted by molar-refractivity contribution is 7.09. The molecular formula is C16H16N6O3S. The van der Waals surface area contributed by atoms with Gasteiger partial charge in [0.1, 0.15) is 11.7 Å². The number of aryl methyl sites for hydroxylation is 1. The van der Waals surface area contributed by atoms with Gasteiger partial charge in [-0.05, 0) is 19.1 Å². The van der Waals surface area contributed by atoms with Crippen LogP contribution in [0.1, 0.15) is 21.5 Å². The first-order valence-corrected chi connectivity index (χ1v) is 8.90. The third-order valence-electron chi connectivity index (χ3n) is 4.08. The van der Waals surface area contributed by atoms with Gasteiger partial charge in [-0.15, -0.1) is 16.4 Å². The summed E-state index contributed by atoms with van der Waals surface area (Å²) >= 11 is 1.41. The number of ether oxygens (including phenoxy) is 1. The smallest absolute Gasteiger partial charge is 0.271 e. The third kappa shape index (κ3) is 3.16. The monoisotopic (exact) mass is 372 g/mol. The van der Waals surface area contributed by atoms with E-state index in [0.29, 0.717) is 18.1 Å². The molecule has 1 aliphatic rings. The zero-order valence-corrected chi connectivity index (χ0v) is 14.7. The third-order valence-corrected chi connectivity index (χ3v) is 4.86. The number of nitrogens with one attached hydrogen (secondary N) is 1. The Morgan fingerprint density at radius 1 is 1.38 bits per heavy atom. The lowest BCUT2D eigenvalue weighted by molar-refractivity contribution is 0.0920. The Bertz CT molecular complexity index is 980. The van der Waals surface area contributed by atoms with Crippen LogP contribution in [-0.2, 0) is 4.74 Å². The predicted molar refractivity (Wildman–Crippen MR) is 93.6 cm³/mol. The number of nitrogens with zero attached hydrogens (tertiary/aromatic N) is 5. The highest BCUT2D eigenvalue weighted by atomic mass is 32.1. The lowest BCUT2D eigenvalue weighted by atomic mass is 10.1. The maximum Gasteiger partial charge on any atom is 0.271 e. The van der Waals surface area contributed by atoms with Crippen LogP contribution in [0, 0.1) is 6.92 Å². The van der Waals surface area contributed by atoms with Gasteiger partial charge in [-0.3, -0.25) is 9.59 Å². The summed E-state index contributed by atoms with van der Waals surface area (Å²) in [5.41, 5.74) is 0.101. The van der Waals surface area contributed by atoms with Crippen molar-refractivity contribution in [2.75, 3.05) is 13.2 Å². The highest BCUT2D eigenvalue weighted by Crippen LogP contribution is 2.18. The van der Waals surface area contributed by atoms with E-state index in [4.69, 9.17) is 4.74 Å². The molecule has 1 fully saturated rings. The van der Waals surface area contributed by atoms with E-state index in [2.05, 4.69) is 20.5 Å². The fraction of sp³-hybridized carbons (Fsp3) is 0.312. The molecule has 1 saturated heterocycles. The van der Waals surface area contributed by atoms with Crippen LogP contribution in [-0.4, -0.2) is 49.7 Å². The molecule has 4 heterocycles. The molecule has 134 valence electrons. The minimum absolute atomic E-state index is 0.264. The fourth-order valence-corrected chi connectivity index (χ4v) is 3.40. The average Bonchev–Trinajstić information content (AvgIpc) is 3.37. The first-order chi connectivity index (χ1) is 12.6. The molecule has 1 N–H and O–H groups in total. The van der Waals surface area contributed by atoms with Crippen molar-refractivity contribution in [1.29, 1.82) is 0 Å². The summed E-state index contributed by atoms with van der Waals surface area (Å²) in [5, 5.41) is 13.9. The molecule has 0 aromatic carbocycles. The number of carbonyl (C=O) groups excluding carboxylic acids is 1. The van der Waals surface area contributed by atoms with Crippen LogP contribution in [0.4, 0.5) is 0 Å². The molecule has 3 aromatic rings. The zero-order valence-electron chi connectivity index (χ0n) is 13.9. The lowest BCUT2D eigenvalue weighted by Gasteiger charge is -2.20. The van der Waals surface area contributed by atoms with Crippen LogP contribution < -0.4 is 10.9 Å². The zero-order chi connectivity index (χ0) is 18.1. The van der Waals surface area contributed by atoms with Crippen LogP contribution >= 0.6 is 11.3 Å². The number of carbonyl (C=O) groups is 1. The van der Waals surface area contributed by atoms with E-state index in [1.807, 2.05) is 6.92 Å². The quantitative estimate of drug-likeness (QED) is 0.718. The van der Waals surface area contributed by atoms with Crippen molar-refractivity contribution in [1.82, 2.24) is 29.9 Å². The lowest BCUT2D eigenvalue weighted by Crippen LogP contribution is -2.44. The summed E-state index contributed by atoms with van der Waals surface area (Å²) in [5.74, 6) is 0.229. The van der Waals surface area contributed by atoms with Gasteiger partial charge in [-0.2, -0.15) is 5.10 Å². The largest absolute Gasteiger partial charge is 0.377 e. The Morgan fingerprint density at radius 3 is 3.00 bits per heavy atom.